The second-order valence-electron chi connectivity index (χ2n) is 3.94. The largest absolute Gasteiger partial charge is 0.501 e. The molecule has 4 heteroatoms. The summed E-state index contributed by atoms with van der Waals surface area (Å²) in [5.74, 6) is 6.09. The number of nitrogens with two attached hydrogens (primary N) is 1. The lowest BCUT2D eigenvalue weighted by atomic mass is 9.90. The molecular formula is C10H18N2O2. The molecule has 0 bridgehead atoms. The van der Waals surface area contributed by atoms with Gasteiger partial charge in [-0.2, -0.15) is 0 Å². The fourth-order valence-electron chi connectivity index (χ4n) is 2.17. The van der Waals surface area contributed by atoms with Gasteiger partial charge in [0.2, 0.25) is 0 Å². The molecule has 3 N–H and O–H groups in total. The lowest BCUT2D eigenvalue weighted by molar-refractivity contribution is 0.175. The van der Waals surface area contributed by atoms with E-state index in [9.17, 15) is 0 Å². The van der Waals surface area contributed by atoms with E-state index in [-0.39, 0.29) is 6.04 Å². The first-order valence-electron chi connectivity index (χ1n) is 5.26. The van der Waals surface area contributed by atoms with Crippen molar-refractivity contribution in [2.75, 3.05) is 19.8 Å². The molecule has 0 spiro atoms. The minimum absolute atomic E-state index is 0.234. The minimum Gasteiger partial charge on any atom is -0.501 e. The zero-order chi connectivity index (χ0) is 9.80. The van der Waals surface area contributed by atoms with E-state index in [4.69, 9.17) is 15.3 Å². The van der Waals surface area contributed by atoms with Gasteiger partial charge < -0.3 is 9.47 Å². The smallest absolute Gasteiger partial charge is 0.0876 e. The van der Waals surface area contributed by atoms with Crippen LogP contribution in [0.2, 0.25) is 0 Å². The van der Waals surface area contributed by atoms with Gasteiger partial charge in [0.1, 0.15) is 0 Å². The van der Waals surface area contributed by atoms with Crippen LogP contribution in [0.25, 0.3) is 0 Å². The fourth-order valence-corrected chi connectivity index (χ4v) is 2.17. The fraction of sp³-hybridized carbons (Fsp3) is 0.800. The van der Waals surface area contributed by atoms with Crippen LogP contribution in [0.5, 0.6) is 0 Å². The van der Waals surface area contributed by atoms with Gasteiger partial charge in [-0.1, -0.05) is 0 Å². The van der Waals surface area contributed by atoms with Gasteiger partial charge in [0.15, 0.2) is 0 Å². The van der Waals surface area contributed by atoms with Crippen LogP contribution in [0, 0.1) is 5.92 Å². The Labute approximate surface area is 84.4 Å². The van der Waals surface area contributed by atoms with E-state index in [1.165, 1.54) is 5.57 Å². The van der Waals surface area contributed by atoms with Gasteiger partial charge in [-0.05, 0) is 24.8 Å². The molecule has 0 aromatic rings. The predicted molar refractivity (Wildman–Crippen MR) is 53.3 cm³/mol. The van der Waals surface area contributed by atoms with Crippen LogP contribution in [0.3, 0.4) is 0 Å². The standard InChI is InChI=1S/C10H18N2O2/c11-12-10(9-3-5-14-7-9)8-2-1-4-13-6-8/h6,9-10,12H,1-5,7,11H2. The van der Waals surface area contributed by atoms with Crippen LogP contribution in [-0.2, 0) is 9.47 Å². The van der Waals surface area contributed by atoms with Crippen molar-refractivity contribution in [2.24, 2.45) is 11.8 Å². The molecule has 4 nitrogen and oxygen atoms in total. The summed E-state index contributed by atoms with van der Waals surface area (Å²) in [6.07, 6.45) is 5.14. The lowest BCUT2D eigenvalue weighted by Crippen LogP contribution is -2.43. The van der Waals surface area contributed by atoms with E-state index < -0.39 is 0 Å². The van der Waals surface area contributed by atoms with E-state index in [2.05, 4.69) is 5.43 Å². The van der Waals surface area contributed by atoms with Crippen molar-refractivity contribution < 1.29 is 9.47 Å². The van der Waals surface area contributed by atoms with E-state index in [0.29, 0.717) is 5.92 Å². The first-order valence-corrected chi connectivity index (χ1v) is 5.26. The molecule has 0 aliphatic carbocycles. The van der Waals surface area contributed by atoms with E-state index >= 15 is 0 Å². The molecular weight excluding hydrogens is 180 g/mol. The Morgan fingerprint density at radius 3 is 3.00 bits per heavy atom. The summed E-state index contributed by atoms with van der Waals surface area (Å²) in [5, 5.41) is 0. The zero-order valence-electron chi connectivity index (χ0n) is 8.37. The maximum absolute atomic E-state index is 5.58. The molecule has 2 rings (SSSR count). The topological polar surface area (TPSA) is 56.5 Å². The average Bonchev–Trinajstić information content (AvgIpc) is 2.74. The number of ether oxygens (including phenoxy) is 2. The van der Waals surface area contributed by atoms with Crippen molar-refractivity contribution in [3.63, 3.8) is 0 Å². The molecule has 0 aromatic carbocycles. The molecule has 14 heavy (non-hydrogen) atoms. The Kier molecular flexibility index (Phi) is 3.39. The predicted octanol–water partition coefficient (Wildman–Crippen LogP) is 0.549. The minimum atomic E-state index is 0.234. The molecule has 1 fully saturated rings. The molecule has 2 atom stereocenters. The van der Waals surface area contributed by atoms with Crippen molar-refractivity contribution >= 4 is 0 Å². The first kappa shape index (κ1) is 9.96. The third-order valence-corrected chi connectivity index (χ3v) is 2.98. The molecule has 2 aliphatic rings. The third kappa shape index (κ3) is 2.08. The molecule has 1 saturated heterocycles. The summed E-state index contributed by atoms with van der Waals surface area (Å²) in [5.41, 5.74) is 4.17. The van der Waals surface area contributed by atoms with Crippen molar-refractivity contribution in [3.8, 4) is 0 Å². The summed E-state index contributed by atoms with van der Waals surface area (Å²) in [6, 6.07) is 0.234. The van der Waals surface area contributed by atoms with Crippen LogP contribution in [0.4, 0.5) is 0 Å². The average molecular weight is 198 g/mol. The SMILES string of the molecule is NNC(C1=COCCC1)C1CCOC1. The Hall–Kier alpha value is -0.580. The van der Waals surface area contributed by atoms with E-state index in [0.717, 1.165) is 39.1 Å². The first-order chi connectivity index (χ1) is 6.92. The number of rotatable bonds is 3. The zero-order valence-corrected chi connectivity index (χ0v) is 8.37. The molecule has 0 aromatic heterocycles. The summed E-state index contributed by atoms with van der Waals surface area (Å²) in [7, 11) is 0. The van der Waals surface area contributed by atoms with Crippen molar-refractivity contribution in [1.29, 1.82) is 0 Å². The summed E-state index contributed by atoms with van der Waals surface area (Å²) in [6.45, 7) is 2.51. The van der Waals surface area contributed by atoms with Gasteiger partial charge in [0, 0.05) is 12.5 Å². The van der Waals surface area contributed by atoms with Gasteiger partial charge in [0.25, 0.3) is 0 Å². The monoisotopic (exact) mass is 198 g/mol. The molecule has 2 unspecified atom stereocenters. The number of hydrazine groups is 1. The van der Waals surface area contributed by atoms with Crippen LogP contribution in [-0.4, -0.2) is 25.9 Å². The van der Waals surface area contributed by atoms with Gasteiger partial charge in [-0.3, -0.25) is 11.3 Å². The van der Waals surface area contributed by atoms with Crippen molar-refractivity contribution in [3.05, 3.63) is 11.8 Å². The Bertz CT molecular complexity index is 212. The van der Waals surface area contributed by atoms with E-state index in [1.807, 2.05) is 6.26 Å². The molecule has 0 radical (unpaired) electrons. The van der Waals surface area contributed by atoms with Gasteiger partial charge in [-0.25, -0.2) is 0 Å². The highest BCUT2D eigenvalue weighted by Gasteiger charge is 2.28. The van der Waals surface area contributed by atoms with Gasteiger partial charge >= 0.3 is 0 Å². The maximum atomic E-state index is 5.58. The summed E-state index contributed by atoms with van der Waals surface area (Å²) >= 11 is 0. The molecule has 0 saturated carbocycles. The molecule has 2 aliphatic heterocycles. The Balaban J connectivity index is 1.99. The second-order valence-corrected chi connectivity index (χ2v) is 3.94. The van der Waals surface area contributed by atoms with Crippen LogP contribution < -0.4 is 11.3 Å². The molecule has 80 valence electrons. The normalized spacial score (nSPS) is 29.5. The van der Waals surface area contributed by atoms with Crippen LogP contribution in [0.15, 0.2) is 11.8 Å². The molecule has 2 heterocycles. The summed E-state index contributed by atoms with van der Waals surface area (Å²) in [4.78, 5) is 0. The Morgan fingerprint density at radius 1 is 1.50 bits per heavy atom. The highest BCUT2D eigenvalue weighted by Crippen LogP contribution is 2.25. The second kappa shape index (κ2) is 4.77. The third-order valence-electron chi connectivity index (χ3n) is 2.98. The van der Waals surface area contributed by atoms with Gasteiger partial charge in [0.05, 0.1) is 25.5 Å². The van der Waals surface area contributed by atoms with Crippen LogP contribution >= 0.6 is 0 Å². The highest BCUT2D eigenvalue weighted by molar-refractivity contribution is 5.12. The summed E-state index contributed by atoms with van der Waals surface area (Å²) < 4.78 is 10.7. The molecule has 0 amide bonds. The van der Waals surface area contributed by atoms with Crippen molar-refractivity contribution in [2.45, 2.75) is 25.3 Å². The highest BCUT2D eigenvalue weighted by atomic mass is 16.5. The van der Waals surface area contributed by atoms with E-state index in [1.54, 1.807) is 0 Å². The quantitative estimate of drug-likeness (QED) is 0.513. The maximum Gasteiger partial charge on any atom is 0.0876 e. The van der Waals surface area contributed by atoms with Crippen molar-refractivity contribution in [1.82, 2.24) is 5.43 Å². The van der Waals surface area contributed by atoms with Gasteiger partial charge in [-0.15, -0.1) is 0 Å². The Morgan fingerprint density at radius 2 is 2.43 bits per heavy atom. The number of hydrogen-bond donors (Lipinski definition) is 2. The lowest BCUT2D eigenvalue weighted by Gasteiger charge is -2.26. The number of nitrogens with one attached hydrogen (secondary N) is 1. The number of hydrogen-bond acceptors (Lipinski definition) is 4. The van der Waals surface area contributed by atoms with Crippen LogP contribution in [0.1, 0.15) is 19.3 Å².